The number of thioether (sulfide) groups is 1. The van der Waals surface area contributed by atoms with Crippen molar-refractivity contribution in [2.75, 3.05) is 0 Å². The van der Waals surface area contributed by atoms with Gasteiger partial charge in [-0.15, -0.1) is 10.2 Å². The van der Waals surface area contributed by atoms with Crippen LogP contribution in [0.2, 0.25) is 10.0 Å². The second-order valence-corrected chi connectivity index (χ2v) is 6.04. The number of aromatic nitrogens is 2. The molecule has 0 bridgehead atoms. The minimum absolute atomic E-state index is 0.396. The quantitative estimate of drug-likeness (QED) is 0.603. The molecule has 0 aliphatic heterocycles. The molecule has 21 heavy (non-hydrogen) atoms. The summed E-state index contributed by atoms with van der Waals surface area (Å²) < 4.78 is 5.63. The molecule has 106 valence electrons. The van der Waals surface area contributed by atoms with Gasteiger partial charge in [0.25, 0.3) is 5.22 Å². The molecule has 0 saturated carbocycles. The predicted molar refractivity (Wildman–Crippen MR) is 85.8 cm³/mol. The fraction of sp³-hybridized carbons (Fsp3) is 0.0667. The van der Waals surface area contributed by atoms with Crippen LogP contribution in [-0.4, -0.2) is 10.2 Å². The van der Waals surface area contributed by atoms with Gasteiger partial charge in [-0.05, 0) is 23.8 Å². The number of hydrogen-bond donors (Lipinski definition) is 0. The van der Waals surface area contributed by atoms with Gasteiger partial charge in [-0.25, -0.2) is 0 Å². The molecule has 6 heteroatoms. The Balaban J connectivity index is 1.74. The van der Waals surface area contributed by atoms with Gasteiger partial charge in [0, 0.05) is 10.8 Å². The first kappa shape index (κ1) is 14.4. The third-order valence-corrected chi connectivity index (χ3v) is 4.21. The Bertz CT molecular complexity index is 746. The number of hydrogen-bond acceptors (Lipinski definition) is 4. The highest BCUT2D eigenvalue weighted by atomic mass is 35.5. The Morgan fingerprint density at radius 1 is 1.00 bits per heavy atom. The number of nitrogens with zero attached hydrogens (tertiary/aromatic N) is 2. The van der Waals surface area contributed by atoms with E-state index in [0.717, 1.165) is 5.75 Å². The SMILES string of the molecule is Clc1ccc(-c2nnc(SCc3ccccc3)o2)c(Cl)c1. The zero-order valence-corrected chi connectivity index (χ0v) is 13.1. The molecule has 3 rings (SSSR count). The van der Waals surface area contributed by atoms with Crippen molar-refractivity contribution in [2.45, 2.75) is 11.0 Å². The Kier molecular flexibility index (Phi) is 4.48. The average Bonchev–Trinajstić information content (AvgIpc) is 2.95. The fourth-order valence-electron chi connectivity index (χ4n) is 1.76. The third-order valence-electron chi connectivity index (χ3n) is 2.77. The molecule has 0 spiro atoms. The molecule has 0 amide bonds. The van der Waals surface area contributed by atoms with Crippen LogP contribution in [0, 0.1) is 0 Å². The molecule has 3 nitrogen and oxygen atoms in total. The van der Waals surface area contributed by atoms with Gasteiger partial charge < -0.3 is 4.42 Å². The summed E-state index contributed by atoms with van der Waals surface area (Å²) in [6.07, 6.45) is 0. The number of benzene rings is 2. The molecule has 0 N–H and O–H groups in total. The van der Waals surface area contributed by atoms with Crippen LogP contribution < -0.4 is 0 Å². The van der Waals surface area contributed by atoms with E-state index in [1.807, 2.05) is 18.2 Å². The summed E-state index contributed by atoms with van der Waals surface area (Å²) >= 11 is 13.5. The van der Waals surface area contributed by atoms with Gasteiger partial charge in [0.15, 0.2) is 0 Å². The van der Waals surface area contributed by atoms with Crippen molar-refractivity contribution in [3.63, 3.8) is 0 Å². The first-order chi connectivity index (χ1) is 10.2. The van der Waals surface area contributed by atoms with Gasteiger partial charge in [-0.2, -0.15) is 0 Å². The summed E-state index contributed by atoms with van der Waals surface area (Å²) in [5.74, 6) is 1.17. The molecule has 0 unspecified atom stereocenters. The lowest BCUT2D eigenvalue weighted by Gasteiger charge is -1.99. The monoisotopic (exact) mass is 336 g/mol. The van der Waals surface area contributed by atoms with E-state index in [0.29, 0.717) is 26.7 Å². The van der Waals surface area contributed by atoms with Crippen LogP contribution in [0.1, 0.15) is 5.56 Å². The molecule has 0 aliphatic carbocycles. The molecule has 2 aromatic carbocycles. The van der Waals surface area contributed by atoms with E-state index < -0.39 is 0 Å². The Labute approximate surface area is 136 Å². The van der Waals surface area contributed by atoms with Crippen molar-refractivity contribution in [3.05, 3.63) is 64.1 Å². The van der Waals surface area contributed by atoms with E-state index in [-0.39, 0.29) is 0 Å². The lowest BCUT2D eigenvalue weighted by atomic mass is 10.2. The normalized spacial score (nSPS) is 10.8. The molecular formula is C15H10Cl2N2OS. The first-order valence-corrected chi connectivity index (χ1v) is 7.92. The maximum atomic E-state index is 6.13. The maximum absolute atomic E-state index is 6.13. The Hall–Kier alpha value is -1.49. The molecule has 0 radical (unpaired) electrons. The van der Waals surface area contributed by atoms with E-state index in [1.54, 1.807) is 18.2 Å². The van der Waals surface area contributed by atoms with Gasteiger partial charge in [0.05, 0.1) is 10.6 Å². The van der Waals surface area contributed by atoms with Crippen molar-refractivity contribution >= 4 is 35.0 Å². The fourth-order valence-corrected chi connectivity index (χ4v) is 2.97. The predicted octanol–water partition coefficient (Wildman–Crippen LogP) is 5.34. The summed E-state index contributed by atoms with van der Waals surface area (Å²) in [6, 6.07) is 15.3. The van der Waals surface area contributed by atoms with Gasteiger partial charge in [0.1, 0.15) is 0 Å². The highest BCUT2D eigenvalue weighted by Crippen LogP contribution is 2.31. The van der Waals surface area contributed by atoms with Gasteiger partial charge in [-0.1, -0.05) is 65.3 Å². The lowest BCUT2D eigenvalue weighted by molar-refractivity contribution is 0.466. The molecule has 0 atom stereocenters. The molecule has 1 aromatic heterocycles. The van der Waals surface area contributed by atoms with Crippen LogP contribution in [0.3, 0.4) is 0 Å². The van der Waals surface area contributed by atoms with Crippen LogP contribution in [-0.2, 0) is 5.75 Å². The average molecular weight is 337 g/mol. The second-order valence-electron chi connectivity index (χ2n) is 4.27. The summed E-state index contributed by atoms with van der Waals surface area (Å²) in [6.45, 7) is 0. The molecule has 1 heterocycles. The van der Waals surface area contributed by atoms with Crippen molar-refractivity contribution in [2.24, 2.45) is 0 Å². The van der Waals surface area contributed by atoms with Crippen LogP contribution in [0.5, 0.6) is 0 Å². The van der Waals surface area contributed by atoms with Crippen molar-refractivity contribution < 1.29 is 4.42 Å². The molecule has 0 aliphatic rings. The summed E-state index contributed by atoms with van der Waals surface area (Å²) in [5, 5.41) is 9.63. The van der Waals surface area contributed by atoms with Crippen LogP contribution in [0.25, 0.3) is 11.5 Å². The summed E-state index contributed by atoms with van der Waals surface area (Å²) in [7, 11) is 0. The smallest absolute Gasteiger partial charge is 0.277 e. The van der Waals surface area contributed by atoms with Crippen LogP contribution in [0.15, 0.2) is 58.2 Å². The van der Waals surface area contributed by atoms with Crippen molar-refractivity contribution in [1.29, 1.82) is 0 Å². The molecular weight excluding hydrogens is 327 g/mol. The molecule has 3 aromatic rings. The zero-order chi connectivity index (χ0) is 14.7. The van der Waals surface area contributed by atoms with Crippen molar-refractivity contribution in [1.82, 2.24) is 10.2 Å². The van der Waals surface area contributed by atoms with Gasteiger partial charge in [0.2, 0.25) is 5.89 Å². The minimum Gasteiger partial charge on any atom is -0.411 e. The maximum Gasteiger partial charge on any atom is 0.277 e. The highest BCUT2D eigenvalue weighted by Gasteiger charge is 2.12. The summed E-state index contributed by atoms with van der Waals surface area (Å²) in [5.41, 5.74) is 1.88. The Morgan fingerprint density at radius 3 is 2.57 bits per heavy atom. The van der Waals surface area contributed by atoms with Crippen molar-refractivity contribution in [3.8, 4) is 11.5 Å². The van der Waals surface area contributed by atoms with Gasteiger partial charge in [-0.3, -0.25) is 0 Å². The van der Waals surface area contributed by atoms with E-state index in [9.17, 15) is 0 Å². The molecule has 0 fully saturated rings. The summed E-state index contributed by atoms with van der Waals surface area (Å²) in [4.78, 5) is 0. The lowest BCUT2D eigenvalue weighted by Crippen LogP contribution is -1.79. The number of rotatable bonds is 4. The third kappa shape index (κ3) is 3.59. The largest absolute Gasteiger partial charge is 0.411 e. The van der Waals surface area contributed by atoms with E-state index in [2.05, 4.69) is 22.3 Å². The van der Waals surface area contributed by atoms with E-state index in [1.165, 1.54) is 17.3 Å². The standard InChI is InChI=1S/C15H10Cl2N2OS/c16-11-6-7-12(13(17)8-11)14-18-19-15(20-14)21-9-10-4-2-1-3-5-10/h1-8H,9H2. The van der Waals surface area contributed by atoms with Crippen LogP contribution in [0.4, 0.5) is 0 Å². The van der Waals surface area contributed by atoms with Crippen LogP contribution >= 0.6 is 35.0 Å². The van der Waals surface area contributed by atoms with Gasteiger partial charge >= 0.3 is 0 Å². The number of halogens is 2. The second kappa shape index (κ2) is 6.52. The Morgan fingerprint density at radius 2 is 1.81 bits per heavy atom. The molecule has 0 saturated heterocycles. The first-order valence-electron chi connectivity index (χ1n) is 6.18. The highest BCUT2D eigenvalue weighted by molar-refractivity contribution is 7.98. The topological polar surface area (TPSA) is 38.9 Å². The van der Waals surface area contributed by atoms with E-state index in [4.69, 9.17) is 27.6 Å². The van der Waals surface area contributed by atoms with E-state index >= 15 is 0 Å². The zero-order valence-electron chi connectivity index (χ0n) is 10.8. The minimum atomic E-state index is 0.396.